The van der Waals surface area contributed by atoms with E-state index in [0.29, 0.717) is 17.9 Å². The summed E-state index contributed by atoms with van der Waals surface area (Å²) in [5.74, 6) is -0.452. The maximum absolute atomic E-state index is 11.8. The number of nitrogens with zero attached hydrogens (tertiary/aromatic N) is 2. The normalized spacial score (nSPS) is 10.1. The summed E-state index contributed by atoms with van der Waals surface area (Å²) in [6.07, 6.45) is 2.91. The summed E-state index contributed by atoms with van der Waals surface area (Å²) in [4.78, 5) is 19.7. The molecule has 0 saturated heterocycles. The standard InChI is InChI=1S/C13H13N3O2/c1-2-18-13(17)12-11(7-15-8-16-12)9-3-5-10(14)6-4-9/h3-8H,2,14H2,1H3. The van der Waals surface area contributed by atoms with Gasteiger partial charge in [0, 0.05) is 17.4 Å². The first kappa shape index (κ1) is 12.0. The lowest BCUT2D eigenvalue weighted by molar-refractivity contribution is 0.0520. The van der Waals surface area contributed by atoms with Crippen LogP contribution in [0.25, 0.3) is 11.1 Å². The molecule has 0 amide bonds. The van der Waals surface area contributed by atoms with Gasteiger partial charge in [0.1, 0.15) is 6.33 Å². The second kappa shape index (κ2) is 5.27. The van der Waals surface area contributed by atoms with Crippen LogP contribution in [0, 0.1) is 0 Å². The van der Waals surface area contributed by atoms with E-state index in [4.69, 9.17) is 10.5 Å². The number of benzene rings is 1. The Kier molecular flexibility index (Phi) is 3.52. The van der Waals surface area contributed by atoms with Crippen LogP contribution in [-0.4, -0.2) is 22.5 Å². The first-order valence-electron chi connectivity index (χ1n) is 5.55. The average molecular weight is 243 g/mol. The minimum Gasteiger partial charge on any atom is -0.461 e. The predicted octanol–water partition coefficient (Wildman–Crippen LogP) is 1.90. The van der Waals surface area contributed by atoms with Gasteiger partial charge in [-0.3, -0.25) is 0 Å². The third kappa shape index (κ3) is 2.45. The molecule has 0 radical (unpaired) electrons. The van der Waals surface area contributed by atoms with Gasteiger partial charge in [0.05, 0.1) is 6.61 Å². The molecule has 0 aliphatic carbocycles. The fraction of sp³-hybridized carbons (Fsp3) is 0.154. The van der Waals surface area contributed by atoms with E-state index in [1.165, 1.54) is 6.33 Å². The number of nitrogen functional groups attached to an aromatic ring is 1. The first-order chi connectivity index (χ1) is 8.72. The van der Waals surface area contributed by atoms with Crippen LogP contribution in [0.5, 0.6) is 0 Å². The zero-order chi connectivity index (χ0) is 13.0. The number of hydrogen-bond donors (Lipinski definition) is 1. The first-order valence-corrected chi connectivity index (χ1v) is 5.55. The third-order valence-electron chi connectivity index (χ3n) is 2.40. The van der Waals surface area contributed by atoms with Gasteiger partial charge in [-0.2, -0.15) is 0 Å². The van der Waals surface area contributed by atoms with Gasteiger partial charge >= 0.3 is 5.97 Å². The van der Waals surface area contributed by atoms with Crippen LogP contribution in [0.2, 0.25) is 0 Å². The molecule has 5 heteroatoms. The van der Waals surface area contributed by atoms with Crippen LogP contribution < -0.4 is 5.73 Å². The Morgan fingerprint density at radius 1 is 1.33 bits per heavy atom. The summed E-state index contributed by atoms with van der Waals surface area (Å²) in [7, 11) is 0. The van der Waals surface area contributed by atoms with Gasteiger partial charge in [-0.25, -0.2) is 14.8 Å². The van der Waals surface area contributed by atoms with Gasteiger partial charge in [-0.15, -0.1) is 0 Å². The lowest BCUT2D eigenvalue weighted by Gasteiger charge is -2.07. The lowest BCUT2D eigenvalue weighted by atomic mass is 10.1. The summed E-state index contributed by atoms with van der Waals surface area (Å²) in [6, 6.07) is 7.15. The molecule has 1 aromatic carbocycles. The van der Waals surface area contributed by atoms with Crippen molar-refractivity contribution in [1.29, 1.82) is 0 Å². The Bertz CT molecular complexity index is 552. The predicted molar refractivity (Wildman–Crippen MR) is 67.8 cm³/mol. The second-order valence-electron chi connectivity index (χ2n) is 3.63. The number of esters is 1. The second-order valence-corrected chi connectivity index (χ2v) is 3.63. The quantitative estimate of drug-likeness (QED) is 0.658. The highest BCUT2D eigenvalue weighted by atomic mass is 16.5. The van der Waals surface area contributed by atoms with Crippen molar-refractivity contribution in [2.45, 2.75) is 6.92 Å². The Hall–Kier alpha value is -2.43. The SMILES string of the molecule is CCOC(=O)c1ncncc1-c1ccc(N)cc1. The topological polar surface area (TPSA) is 78.1 Å². The van der Waals surface area contributed by atoms with Gasteiger partial charge in [-0.1, -0.05) is 12.1 Å². The number of carbonyl (C=O) groups is 1. The van der Waals surface area contributed by atoms with E-state index < -0.39 is 5.97 Å². The average Bonchev–Trinajstić information content (AvgIpc) is 2.40. The van der Waals surface area contributed by atoms with E-state index in [0.717, 1.165) is 5.56 Å². The summed E-state index contributed by atoms with van der Waals surface area (Å²) in [5.41, 5.74) is 8.01. The molecule has 0 saturated carbocycles. The van der Waals surface area contributed by atoms with Crippen LogP contribution in [0.4, 0.5) is 5.69 Å². The fourth-order valence-corrected chi connectivity index (χ4v) is 1.57. The van der Waals surface area contributed by atoms with Crippen LogP contribution >= 0.6 is 0 Å². The van der Waals surface area contributed by atoms with Crippen molar-refractivity contribution in [3.05, 3.63) is 42.5 Å². The molecule has 18 heavy (non-hydrogen) atoms. The molecule has 0 unspecified atom stereocenters. The molecule has 0 atom stereocenters. The smallest absolute Gasteiger partial charge is 0.357 e. The summed E-state index contributed by atoms with van der Waals surface area (Å²) < 4.78 is 4.96. The molecule has 0 fully saturated rings. The Morgan fingerprint density at radius 3 is 2.72 bits per heavy atom. The van der Waals surface area contributed by atoms with E-state index in [1.54, 1.807) is 25.3 Å². The summed E-state index contributed by atoms with van der Waals surface area (Å²) in [5, 5.41) is 0. The molecule has 0 bridgehead atoms. The molecule has 1 aromatic heterocycles. The highest BCUT2D eigenvalue weighted by Crippen LogP contribution is 2.22. The van der Waals surface area contributed by atoms with Crippen molar-refractivity contribution in [3.63, 3.8) is 0 Å². The maximum Gasteiger partial charge on any atom is 0.357 e. The van der Waals surface area contributed by atoms with E-state index in [1.807, 2.05) is 12.1 Å². The van der Waals surface area contributed by atoms with Crippen molar-refractivity contribution in [3.8, 4) is 11.1 Å². The number of rotatable bonds is 3. The van der Waals surface area contributed by atoms with Gasteiger partial charge in [0.2, 0.25) is 0 Å². The van der Waals surface area contributed by atoms with Crippen molar-refractivity contribution in [2.24, 2.45) is 0 Å². The van der Waals surface area contributed by atoms with Gasteiger partial charge in [-0.05, 0) is 24.6 Å². The Labute approximate surface area is 105 Å². The number of anilines is 1. The van der Waals surface area contributed by atoms with Crippen LogP contribution in [0.1, 0.15) is 17.4 Å². The highest BCUT2D eigenvalue weighted by molar-refractivity contribution is 5.95. The number of carbonyl (C=O) groups excluding carboxylic acids is 1. The Balaban J connectivity index is 2.44. The van der Waals surface area contributed by atoms with Crippen molar-refractivity contribution < 1.29 is 9.53 Å². The molecule has 0 aliphatic heterocycles. The molecule has 2 aromatic rings. The van der Waals surface area contributed by atoms with E-state index in [2.05, 4.69) is 9.97 Å². The molecule has 2 rings (SSSR count). The monoisotopic (exact) mass is 243 g/mol. The fourth-order valence-electron chi connectivity index (χ4n) is 1.57. The zero-order valence-corrected chi connectivity index (χ0v) is 9.96. The zero-order valence-electron chi connectivity index (χ0n) is 9.96. The number of ether oxygens (including phenoxy) is 1. The molecule has 5 nitrogen and oxygen atoms in total. The number of aromatic nitrogens is 2. The molecule has 0 spiro atoms. The van der Waals surface area contributed by atoms with Crippen LogP contribution in [0.3, 0.4) is 0 Å². The molecule has 0 aliphatic rings. The Morgan fingerprint density at radius 2 is 2.06 bits per heavy atom. The lowest BCUT2D eigenvalue weighted by Crippen LogP contribution is -2.09. The highest BCUT2D eigenvalue weighted by Gasteiger charge is 2.15. The molecular weight excluding hydrogens is 230 g/mol. The van der Waals surface area contributed by atoms with Crippen LogP contribution in [-0.2, 0) is 4.74 Å². The van der Waals surface area contributed by atoms with Gasteiger partial charge in [0.15, 0.2) is 5.69 Å². The molecule has 1 heterocycles. The summed E-state index contributed by atoms with van der Waals surface area (Å²) in [6.45, 7) is 2.06. The van der Waals surface area contributed by atoms with Gasteiger partial charge in [0.25, 0.3) is 0 Å². The number of hydrogen-bond acceptors (Lipinski definition) is 5. The van der Waals surface area contributed by atoms with E-state index in [-0.39, 0.29) is 5.69 Å². The minimum atomic E-state index is -0.452. The van der Waals surface area contributed by atoms with Gasteiger partial charge < -0.3 is 10.5 Å². The third-order valence-corrected chi connectivity index (χ3v) is 2.40. The van der Waals surface area contributed by atoms with Crippen molar-refractivity contribution in [2.75, 3.05) is 12.3 Å². The van der Waals surface area contributed by atoms with Crippen molar-refractivity contribution >= 4 is 11.7 Å². The molecule has 92 valence electrons. The van der Waals surface area contributed by atoms with Crippen LogP contribution in [0.15, 0.2) is 36.8 Å². The maximum atomic E-state index is 11.8. The van der Waals surface area contributed by atoms with E-state index >= 15 is 0 Å². The van der Waals surface area contributed by atoms with E-state index in [9.17, 15) is 4.79 Å². The minimum absolute atomic E-state index is 0.261. The molecular formula is C13H13N3O2. The number of nitrogens with two attached hydrogens (primary N) is 1. The largest absolute Gasteiger partial charge is 0.461 e. The summed E-state index contributed by atoms with van der Waals surface area (Å²) >= 11 is 0. The van der Waals surface area contributed by atoms with Crippen molar-refractivity contribution in [1.82, 2.24) is 9.97 Å². The molecule has 2 N–H and O–H groups in total.